The molecule has 128 valence electrons. The van der Waals surface area contributed by atoms with Crippen molar-refractivity contribution in [3.8, 4) is 0 Å². The van der Waals surface area contributed by atoms with Gasteiger partial charge in [-0.3, -0.25) is 4.79 Å². The van der Waals surface area contributed by atoms with Crippen LogP contribution in [0.25, 0.3) is 0 Å². The second-order valence-corrected chi connectivity index (χ2v) is 8.07. The number of rotatable bonds is 8. The van der Waals surface area contributed by atoms with Crippen LogP contribution in [-0.4, -0.2) is 31.3 Å². The van der Waals surface area contributed by atoms with Gasteiger partial charge in [-0.2, -0.15) is 16.5 Å². The van der Waals surface area contributed by atoms with Crippen molar-refractivity contribution in [3.05, 3.63) is 65.7 Å². The molecular formula is C17H19NO4S2. The smallest absolute Gasteiger partial charge is 0.322 e. The number of aryl methyl sites for hydroxylation is 1. The van der Waals surface area contributed by atoms with Gasteiger partial charge < -0.3 is 5.11 Å². The van der Waals surface area contributed by atoms with E-state index in [-0.39, 0.29) is 10.6 Å². The van der Waals surface area contributed by atoms with Gasteiger partial charge in [-0.15, -0.1) is 0 Å². The summed E-state index contributed by atoms with van der Waals surface area (Å²) in [5.41, 5.74) is 2.00. The Morgan fingerprint density at radius 1 is 1.12 bits per heavy atom. The first kappa shape index (κ1) is 18.5. The topological polar surface area (TPSA) is 83.5 Å². The highest BCUT2D eigenvalue weighted by molar-refractivity contribution is 7.98. The van der Waals surface area contributed by atoms with Gasteiger partial charge in [0.05, 0.1) is 4.90 Å². The Morgan fingerprint density at radius 3 is 2.33 bits per heavy atom. The number of sulfonamides is 1. The second-order valence-electron chi connectivity index (χ2n) is 5.33. The molecule has 0 saturated heterocycles. The first-order valence-electron chi connectivity index (χ1n) is 7.32. The molecule has 0 aliphatic heterocycles. The number of hydrogen-bond acceptors (Lipinski definition) is 4. The van der Waals surface area contributed by atoms with Gasteiger partial charge in [-0.1, -0.05) is 48.0 Å². The third kappa shape index (κ3) is 5.36. The Balaban J connectivity index is 2.00. The summed E-state index contributed by atoms with van der Waals surface area (Å²) in [6.45, 7) is 1.85. The molecule has 0 unspecified atom stereocenters. The van der Waals surface area contributed by atoms with Crippen LogP contribution in [0.3, 0.4) is 0 Å². The Morgan fingerprint density at radius 2 is 1.75 bits per heavy atom. The Bertz CT molecular complexity index is 774. The molecule has 5 nitrogen and oxygen atoms in total. The minimum atomic E-state index is -3.86. The van der Waals surface area contributed by atoms with E-state index >= 15 is 0 Å². The zero-order valence-corrected chi connectivity index (χ0v) is 14.8. The van der Waals surface area contributed by atoms with Crippen molar-refractivity contribution in [2.45, 2.75) is 23.6 Å². The van der Waals surface area contributed by atoms with Crippen LogP contribution in [0, 0.1) is 6.92 Å². The van der Waals surface area contributed by atoms with Crippen LogP contribution < -0.4 is 4.72 Å². The van der Waals surface area contributed by atoms with Crippen LogP contribution in [0.4, 0.5) is 0 Å². The molecule has 0 aliphatic rings. The number of hydrogen-bond donors (Lipinski definition) is 2. The lowest BCUT2D eigenvalue weighted by Gasteiger charge is -2.14. The standard InChI is InChI=1S/C17H19NO4S2/c1-13-7-9-15(10-8-13)24(21,22)18-16(17(19)20)12-23-11-14-5-3-2-4-6-14/h2-10,16,18H,11-12H2,1H3,(H,19,20)/t16-/m1/s1. The molecule has 0 saturated carbocycles. The van der Waals surface area contributed by atoms with E-state index in [0.29, 0.717) is 5.75 Å². The molecule has 0 spiro atoms. The van der Waals surface area contributed by atoms with Crippen molar-refractivity contribution in [2.24, 2.45) is 0 Å². The summed E-state index contributed by atoms with van der Waals surface area (Å²) in [7, 11) is -3.86. The monoisotopic (exact) mass is 365 g/mol. The van der Waals surface area contributed by atoms with E-state index in [1.54, 1.807) is 12.1 Å². The maximum atomic E-state index is 12.3. The van der Waals surface area contributed by atoms with Crippen molar-refractivity contribution < 1.29 is 18.3 Å². The third-order valence-electron chi connectivity index (χ3n) is 3.32. The number of carboxylic acid groups (broad SMARTS) is 1. The summed E-state index contributed by atoms with van der Waals surface area (Å²) < 4.78 is 26.9. The predicted octanol–water partition coefficient (Wildman–Crippen LogP) is 2.66. The molecule has 0 aliphatic carbocycles. The van der Waals surface area contributed by atoms with Crippen LogP contribution in [0.5, 0.6) is 0 Å². The first-order chi connectivity index (χ1) is 11.4. The summed E-state index contributed by atoms with van der Waals surface area (Å²) in [5, 5.41) is 9.28. The molecule has 1 atom stereocenters. The summed E-state index contributed by atoms with van der Waals surface area (Å²) in [6, 6.07) is 14.7. The van der Waals surface area contributed by atoms with Gasteiger partial charge >= 0.3 is 5.97 Å². The normalized spacial score (nSPS) is 12.7. The Labute approximate surface area is 146 Å². The van der Waals surface area contributed by atoms with Gasteiger partial charge in [0.1, 0.15) is 6.04 Å². The number of thioether (sulfide) groups is 1. The lowest BCUT2D eigenvalue weighted by atomic mass is 10.2. The molecule has 2 aromatic rings. The highest BCUT2D eigenvalue weighted by Crippen LogP contribution is 2.15. The van der Waals surface area contributed by atoms with Crippen LogP contribution in [0.2, 0.25) is 0 Å². The molecule has 0 aromatic heterocycles. The minimum absolute atomic E-state index is 0.0624. The average Bonchev–Trinajstić information content (AvgIpc) is 2.55. The van der Waals surface area contributed by atoms with E-state index in [0.717, 1.165) is 11.1 Å². The number of benzene rings is 2. The molecule has 0 radical (unpaired) electrons. The maximum absolute atomic E-state index is 12.3. The summed E-state index contributed by atoms with van der Waals surface area (Å²) in [6.07, 6.45) is 0. The van der Waals surface area contributed by atoms with Gasteiger partial charge in [0, 0.05) is 11.5 Å². The first-order valence-corrected chi connectivity index (χ1v) is 9.96. The van der Waals surface area contributed by atoms with Gasteiger partial charge in [0.25, 0.3) is 0 Å². The molecule has 7 heteroatoms. The minimum Gasteiger partial charge on any atom is -0.480 e. The fourth-order valence-electron chi connectivity index (χ4n) is 2.00. The van der Waals surface area contributed by atoms with E-state index in [4.69, 9.17) is 0 Å². The lowest BCUT2D eigenvalue weighted by Crippen LogP contribution is -2.42. The van der Waals surface area contributed by atoms with Crippen LogP contribution in [0.1, 0.15) is 11.1 Å². The summed E-state index contributed by atoms with van der Waals surface area (Å²) in [5.74, 6) is -0.419. The quantitative estimate of drug-likeness (QED) is 0.751. The fourth-order valence-corrected chi connectivity index (χ4v) is 4.30. The molecule has 2 aromatic carbocycles. The molecular weight excluding hydrogens is 346 g/mol. The third-order valence-corrected chi connectivity index (χ3v) is 5.92. The number of carbonyl (C=O) groups is 1. The fraction of sp³-hybridized carbons (Fsp3) is 0.235. The van der Waals surface area contributed by atoms with Gasteiger partial charge in [0.15, 0.2) is 0 Å². The highest BCUT2D eigenvalue weighted by atomic mass is 32.2. The number of carboxylic acids is 1. The van der Waals surface area contributed by atoms with Crippen LogP contribution in [-0.2, 0) is 20.6 Å². The van der Waals surface area contributed by atoms with Crippen molar-refractivity contribution in [3.63, 3.8) is 0 Å². The van der Waals surface area contributed by atoms with E-state index < -0.39 is 22.0 Å². The highest BCUT2D eigenvalue weighted by Gasteiger charge is 2.25. The molecule has 24 heavy (non-hydrogen) atoms. The van der Waals surface area contributed by atoms with Gasteiger partial charge in [-0.05, 0) is 24.6 Å². The molecule has 0 bridgehead atoms. The zero-order valence-electron chi connectivity index (χ0n) is 13.2. The Hall–Kier alpha value is -1.83. The van der Waals surface area contributed by atoms with Crippen LogP contribution >= 0.6 is 11.8 Å². The van der Waals surface area contributed by atoms with Crippen molar-refractivity contribution >= 4 is 27.8 Å². The number of nitrogens with one attached hydrogen (secondary N) is 1. The zero-order chi connectivity index (χ0) is 17.6. The molecule has 0 fully saturated rings. The number of aliphatic carboxylic acids is 1. The largest absolute Gasteiger partial charge is 0.480 e. The molecule has 2 rings (SSSR count). The van der Waals surface area contributed by atoms with Gasteiger partial charge in [-0.25, -0.2) is 8.42 Å². The Kier molecular flexibility index (Phi) is 6.42. The van der Waals surface area contributed by atoms with E-state index in [9.17, 15) is 18.3 Å². The summed E-state index contributed by atoms with van der Waals surface area (Å²) in [4.78, 5) is 11.4. The van der Waals surface area contributed by atoms with E-state index in [1.807, 2.05) is 37.3 Å². The van der Waals surface area contributed by atoms with E-state index in [2.05, 4.69) is 4.72 Å². The average molecular weight is 365 g/mol. The van der Waals surface area contributed by atoms with Gasteiger partial charge in [0.2, 0.25) is 10.0 Å². The second kappa shape index (κ2) is 8.32. The maximum Gasteiger partial charge on any atom is 0.322 e. The SMILES string of the molecule is Cc1ccc(S(=O)(=O)N[C@H](CSCc2ccccc2)C(=O)O)cc1. The van der Waals surface area contributed by atoms with Crippen molar-refractivity contribution in [1.29, 1.82) is 0 Å². The lowest BCUT2D eigenvalue weighted by molar-refractivity contribution is -0.138. The molecule has 0 heterocycles. The summed E-state index contributed by atoms with van der Waals surface area (Å²) >= 11 is 1.37. The molecule has 2 N–H and O–H groups in total. The predicted molar refractivity (Wildman–Crippen MR) is 95.5 cm³/mol. The molecule has 0 amide bonds. The van der Waals surface area contributed by atoms with Crippen LogP contribution in [0.15, 0.2) is 59.5 Å². The van der Waals surface area contributed by atoms with E-state index in [1.165, 1.54) is 23.9 Å². The van der Waals surface area contributed by atoms with Crippen molar-refractivity contribution in [2.75, 3.05) is 5.75 Å². The van der Waals surface area contributed by atoms with Crippen molar-refractivity contribution in [1.82, 2.24) is 4.72 Å².